The minimum Gasteiger partial charge on any atom is -0.390 e. The standard InChI is InChI=1S/C16H22N6O/c1-17-13-10-14(21-19-11-13)16(23)20-12-5-8-22(9-6-12)15-4-2-3-7-18-15/h2-4,7,11-12,17,19H,5-6,8-10H2,1H3,(H,20,23). The SMILES string of the molecule is CNC1=CNN=C(C(=O)NC2CCN(c3ccccn3)CC2)C1. The zero-order chi connectivity index (χ0) is 16.1. The van der Waals surface area contributed by atoms with Crippen molar-refractivity contribution in [1.29, 1.82) is 0 Å². The zero-order valence-electron chi connectivity index (χ0n) is 13.2. The van der Waals surface area contributed by atoms with Gasteiger partial charge in [0.05, 0.1) is 0 Å². The molecule has 0 saturated carbocycles. The lowest BCUT2D eigenvalue weighted by Gasteiger charge is -2.33. The van der Waals surface area contributed by atoms with Crippen LogP contribution in [0.3, 0.4) is 0 Å². The number of amides is 1. The predicted molar refractivity (Wildman–Crippen MR) is 89.9 cm³/mol. The van der Waals surface area contributed by atoms with Crippen molar-refractivity contribution in [2.45, 2.75) is 25.3 Å². The quantitative estimate of drug-likeness (QED) is 0.757. The highest BCUT2D eigenvalue weighted by atomic mass is 16.2. The predicted octanol–water partition coefficient (Wildman–Crippen LogP) is 0.577. The molecular formula is C16H22N6O. The summed E-state index contributed by atoms with van der Waals surface area (Å²) in [6, 6.07) is 6.13. The van der Waals surface area contributed by atoms with Crippen molar-refractivity contribution >= 4 is 17.4 Å². The van der Waals surface area contributed by atoms with Gasteiger partial charge in [0.1, 0.15) is 11.5 Å². The molecule has 0 bridgehead atoms. The second-order valence-electron chi connectivity index (χ2n) is 5.71. The molecule has 0 aromatic carbocycles. The van der Waals surface area contributed by atoms with Gasteiger partial charge < -0.3 is 15.5 Å². The largest absolute Gasteiger partial charge is 0.390 e. The first kappa shape index (κ1) is 15.3. The van der Waals surface area contributed by atoms with Crippen LogP contribution >= 0.6 is 0 Å². The van der Waals surface area contributed by atoms with Crippen LogP contribution in [0.2, 0.25) is 0 Å². The van der Waals surface area contributed by atoms with Gasteiger partial charge in [-0.2, -0.15) is 5.10 Å². The first-order chi connectivity index (χ1) is 11.3. The monoisotopic (exact) mass is 314 g/mol. The number of allylic oxidation sites excluding steroid dienone is 1. The lowest BCUT2D eigenvalue weighted by atomic mass is 10.0. The van der Waals surface area contributed by atoms with Crippen LogP contribution in [0.15, 0.2) is 41.4 Å². The highest BCUT2D eigenvalue weighted by Crippen LogP contribution is 2.17. The van der Waals surface area contributed by atoms with E-state index >= 15 is 0 Å². The van der Waals surface area contributed by atoms with Crippen LogP contribution in [-0.2, 0) is 4.79 Å². The summed E-state index contributed by atoms with van der Waals surface area (Å²) in [5.41, 5.74) is 4.24. The third kappa shape index (κ3) is 3.80. The highest BCUT2D eigenvalue weighted by molar-refractivity contribution is 6.39. The Balaban J connectivity index is 1.49. The lowest BCUT2D eigenvalue weighted by molar-refractivity contribution is -0.115. The number of piperidine rings is 1. The van der Waals surface area contributed by atoms with Gasteiger partial charge in [0.15, 0.2) is 0 Å². The molecule has 122 valence electrons. The summed E-state index contributed by atoms with van der Waals surface area (Å²) in [6.45, 7) is 1.79. The van der Waals surface area contributed by atoms with E-state index in [0.717, 1.165) is 37.4 Å². The van der Waals surface area contributed by atoms with Crippen molar-refractivity contribution in [3.8, 4) is 0 Å². The molecule has 3 rings (SSSR count). The fourth-order valence-electron chi connectivity index (χ4n) is 2.81. The van der Waals surface area contributed by atoms with Crippen molar-refractivity contribution in [3.05, 3.63) is 36.3 Å². The number of hydrogen-bond acceptors (Lipinski definition) is 6. The Hall–Kier alpha value is -2.57. The molecule has 3 heterocycles. The molecule has 0 radical (unpaired) electrons. The Labute approximate surface area is 135 Å². The van der Waals surface area contributed by atoms with Crippen LogP contribution in [0.1, 0.15) is 19.3 Å². The Morgan fingerprint density at radius 1 is 1.35 bits per heavy atom. The van der Waals surface area contributed by atoms with Crippen LogP contribution in [0.25, 0.3) is 0 Å². The molecule has 7 nitrogen and oxygen atoms in total. The Bertz CT molecular complexity index is 604. The number of carbonyl (C=O) groups excluding carboxylic acids is 1. The normalized spacial score (nSPS) is 18.6. The van der Waals surface area contributed by atoms with Gasteiger partial charge in [-0.25, -0.2) is 4.98 Å². The van der Waals surface area contributed by atoms with Crippen molar-refractivity contribution < 1.29 is 4.79 Å². The molecule has 1 fully saturated rings. The maximum Gasteiger partial charge on any atom is 0.268 e. The summed E-state index contributed by atoms with van der Waals surface area (Å²) < 4.78 is 0. The van der Waals surface area contributed by atoms with Gasteiger partial charge in [-0.05, 0) is 25.0 Å². The fraction of sp³-hybridized carbons (Fsp3) is 0.438. The second-order valence-corrected chi connectivity index (χ2v) is 5.71. The molecule has 2 aliphatic rings. The van der Waals surface area contributed by atoms with E-state index in [-0.39, 0.29) is 11.9 Å². The first-order valence-corrected chi connectivity index (χ1v) is 7.92. The van der Waals surface area contributed by atoms with E-state index in [0.29, 0.717) is 12.1 Å². The van der Waals surface area contributed by atoms with E-state index in [4.69, 9.17) is 0 Å². The third-order valence-electron chi connectivity index (χ3n) is 4.18. The third-order valence-corrected chi connectivity index (χ3v) is 4.18. The highest BCUT2D eigenvalue weighted by Gasteiger charge is 2.24. The number of hydrazone groups is 1. The van der Waals surface area contributed by atoms with Crippen LogP contribution in [0, 0.1) is 0 Å². The van der Waals surface area contributed by atoms with Crippen LogP contribution < -0.4 is 21.0 Å². The summed E-state index contributed by atoms with van der Waals surface area (Å²) in [6.07, 6.45) is 5.93. The van der Waals surface area contributed by atoms with Gasteiger partial charge in [-0.3, -0.25) is 10.2 Å². The molecule has 0 atom stereocenters. The molecule has 3 N–H and O–H groups in total. The fourth-order valence-corrected chi connectivity index (χ4v) is 2.81. The second kappa shape index (κ2) is 7.13. The minimum atomic E-state index is -0.0883. The van der Waals surface area contributed by atoms with Gasteiger partial charge in [0.2, 0.25) is 0 Å². The average molecular weight is 314 g/mol. The van der Waals surface area contributed by atoms with E-state index in [1.165, 1.54) is 0 Å². The molecule has 1 aromatic rings. The molecule has 0 aliphatic carbocycles. The Morgan fingerprint density at radius 2 is 2.17 bits per heavy atom. The number of nitrogens with one attached hydrogen (secondary N) is 3. The molecule has 0 spiro atoms. The van der Waals surface area contributed by atoms with Gasteiger partial charge >= 0.3 is 0 Å². The van der Waals surface area contributed by atoms with E-state index in [2.05, 4.69) is 31.0 Å². The summed E-state index contributed by atoms with van der Waals surface area (Å²) in [7, 11) is 1.84. The number of carbonyl (C=O) groups is 1. The molecular weight excluding hydrogens is 292 g/mol. The summed E-state index contributed by atoms with van der Waals surface area (Å²) in [4.78, 5) is 18.9. The number of nitrogens with zero attached hydrogens (tertiary/aromatic N) is 3. The molecule has 7 heteroatoms. The number of aromatic nitrogens is 1. The summed E-state index contributed by atoms with van der Waals surface area (Å²) in [5, 5.41) is 10.2. The maximum atomic E-state index is 12.3. The van der Waals surface area contributed by atoms with E-state index in [1.807, 2.05) is 31.4 Å². The molecule has 2 aliphatic heterocycles. The summed E-state index contributed by atoms with van der Waals surface area (Å²) >= 11 is 0. The molecule has 1 saturated heterocycles. The first-order valence-electron chi connectivity index (χ1n) is 7.92. The van der Waals surface area contributed by atoms with Crippen molar-refractivity contribution in [3.63, 3.8) is 0 Å². The van der Waals surface area contributed by atoms with Crippen LogP contribution in [0.4, 0.5) is 5.82 Å². The van der Waals surface area contributed by atoms with E-state index < -0.39 is 0 Å². The van der Waals surface area contributed by atoms with E-state index in [1.54, 1.807) is 6.20 Å². The molecule has 0 unspecified atom stereocenters. The Kier molecular flexibility index (Phi) is 4.75. The molecule has 23 heavy (non-hydrogen) atoms. The van der Waals surface area contributed by atoms with Crippen molar-refractivity contribution in [2.75, 3.05) is 25.0 Å². The van der Waals surface area contributed by atoms with Gasteiger partial charge in [-0.15, -0.1) is 0 Å². The maximum absolute atomic E-state index is 12.3. The van der Waals surface area contributed by atoms with Gasteiger partial charge in [0.25, 0.3) is 5.91 Å². The van der Waals surface area contributed by atoms with Crippen molar-refractivity contribution in [2.24, 2.45) is 5.10 Å². The van der Waals surface area contributed by atoms with Crippen LogP contribution in [0.5, 0.6) is 0 Å². The average Bonchev–Trinajstić information content (AvgIpc) is 2.63. The smallest absolute Gasteiger partial charge is 0.268 e. The van der Waals surface area contributed by atoms with Crippen LogP contribution in [-0.4, -0.2) is 42.8 Å². The summed E-state index contributed by atoms with van der Waals surface area (Å²) in [5.74, 6) is 0.913. The molecule has 1 amide bonds. The van der Waals surface area contributed by atoms with Gasteiger partial charge in [-0.1, -0.05) is 6.07 Å². The van der Waals surface area contributed by atoms with Crippen molar-refractivity contribution in [1.82, 2.24) is 21.0 Å². The zero-order valence-corrected chi connectivity index (χ0v) is 13.2. The lowest BCUT2D eigenvalue weighted by Crippen LogP contribution is -2.47. The minimum absolute atomic E-state index is 0.0883. The Morgan fingerprint density at radius 3 is 2.87 bits per heavy atom. The number of hydrogen-bond donors (Lipinski definition) is 3. The topological polar surface area (TPSA) is 81.6 Å². The number of anilines is 1. The number of rotatable bonds is 4. The molecule has 1 aromatic heterocycles. The number of pyridine rings is 1. The van der Waals surface area contributed by atoms with E-state index in [9.17, 15) is 4.79 Å². The van der Waals surface area contributed by atoms with Gasteiger partial charge in [0, 0.05) is 50.7 Å².